The van der Waals surface area contributed by atoms with Gasteiger partial charge in [0.25, 0.3) is 0 Å². The number of esters is 2. The summed E-state index contributed by atoms with van der Waals surface area (Å²) in [5, 5.41) is 11.3. The molecule has 156 valence electrons. The van der Waals surface area contributed by atoms with Crippen molar-refractivity contribution in [3.05, 3.63) is 12.2 Å². The fourth-order valence-electron chi connectivity index (χ4n) is 8.24. The maximum Gasteiger partial charge on any atom is 0.311 e. The average Bonchev–Trinajstić information content (AvgIpc) is 2.84. The molecule has 4 fully saturated rings. The lowest BCUT2D eigenvalue weighted by molar-refractivity contribution is -0.285. The Bertz CT molecular complexity index is 731. The van der Waals surface area contributed by atoms with Gasteiger partial charge in [-0.05, 0) is 69.3 Å². The standard InChI is InChI=1S/C23H34O5/c1-14-16-7-12-23(28-15(2)24)21(4)10-6-9-20(3,19(26)27-5)17(21)8-11-22(23,13-16)18(14)25/h16-18,25H,1,6-13H2,2-5H3. The summed E-state index contributed by atoms with van der Waals surface area (Å²) in [6.07, 6.45) is 5.95. The van der Waals surface area contributed by atoms with Crippen LogP contribution in [0.1, 0.15) is 72.1 Å². The molecule has 0 aromatic carbocycles. The zero-order chi connectivity index (χ0) is 20.5. The first kappa shape index (κ1) is 19.9. The topological polar surface area (TPSA) is 72.8 Å². The SMILES string of the molecule is C=C1C2CCC3(OC(C)=O)C4(C)CCCC(C)(C(=O)OC)C4CCC3(C2)C1O. The molecule has 28 heavy (non-hydrogen) atoms. The monoisotopic (exact) mass is 390 g/mol. The van der Waals surface area contributed by atoms with Crippen molar-refractivity contribution in [1.29, 1.82) is 0 Å². The minimum absolute atomic E-state index is 0.0591. The van der Waals surface area contributed by atoms with Crippen molar-refractivity contribution in [2.45, 2.75) is 83.8 Å². The zero-order valence-electron chi connectivity index (χ0n) is 17.7. The third-order valence-corrected chi connectivity index (χ3v) is 9.36. The van der Waals surface area contributed by atoms with Gasteiger partial charge >= 0.3 is 11.9 Å². The summed E-state index contributed by atoms with van der Waals surface area (Å²) in [6.45, 7) is 9.91. The fourth-order valence-corrected chi connectivity index (χ4v) is 8.24. The summed E-state index contributed by atoms with van der Waals surface area (Å²) in [6, 6.07) is 0. The normalized spacial score (nSPS) is 49.8. The molecule has 0 aromatic heterocycles. The quantitative estimate of drug-likeness (QED) is 0.574. The van der Waals surface area contributed by atoms with Crippen molar-refractivity contribution < 1.29 is 24.2 Å². The molecule has 4 aliphatic rings. The van der Waals surface area contributed by atoms with Crippen LogP contribution in [0.25, 0.3) is 0 Å². The van der Waals surface area contributed by atoms with Crippen LogP contribution in [-0.2, 0) is 19.1 Å². The van der Waals surface area contributed by atoms with Gasteiger partial charge in [-0.15, -0.1) is 0 Å². The van der Waals surface area contributed by atoms with E-state index < -0.39 is 22.5 Å². The highest BCUT2D eigenvalue weighted by Gasteiger charge is 2.77. The first-order valence-corrected chi connectivity index (χ1v) is 10.7. The number of carbonyl (C=O) groups is 2. The number of ether oxygens (including phenoxy) is 2. The largest absolute Gasteiger partial charge is 0.469 e. The molecule has 7 atom stereocenters. The van der Waals surface area contributed by atoms with E-state index in [1.54, 1.807) is 0 Å². The Kier molecular flexibility index (Phi) is 4.32. The predicted octanol–water partition coefficient (Wildman–Crippen LogP) is 3.79. The Labute approximate surface area is 167 Å². The molecule has 5 nitrogen and oxygen atoms in total. The van der Waals surface area contributed by atoms with Crippen molar-refractivity contribution in [2.24, 2.45) is 28.1 Å². The average molecular weight is 391 g/mol. The molecule has 4 aliphatic carbocycles. The molecule has 5 heteroatoms. The second kappa shape index (κ2) is 6.07. The van der Waals surface area contributed by atoms with E-state index in [0.717, 1.165) is 56.9 Å². The number of carbonyl (C=O) groups excluding carboxylic acids is 2. The van der Waals surface area contributed by atoms with E-state index in [2.05, 4.69) is 13.5 Å². The molecule has 0 radical (unpaired) electrons. The van der Waals surface area contributed by atoms with E-state index in [9.17, 15) is 14.7 Å². The van der Waals surface area contributed by atoms with Crippen LogP contribution < -0.4 is 0 Å². The summed E-state index contributed by atoms with van der Waals surface area (Å²) in [4.78, 5) is 25.2. The first-order chi connectivity index (χ1) is 13.1. The van der Waals surface area contributed by atoms with Crippen molar-refractivity contribution >= 4 is 11.9 Å². The van der Waals surface area contributed by atoms with Gasteiger partial charge in [0.15, 0.2) is 0 Å². The molecule has 0 amide bonds. The van der Waals surface area contributed by atoms with Gasteiger partial charge < -0.3 is 14.6 Å². The van der Waals surface area contributed by atoms with Crippen molar-refractivity contribution in [3.8, 4) is 0 Å². The Balaban J connectivity index is 1.90. The van der Waals surface area contributed by atoms with Crippen LogP contribution in [0.15, 0.2) is 12.2 Å². The fraction of sp³-hybridized carbons (Fsp3) is 0.826. The molecule has 0 aliphatic heterocycles. The number of aliphatic hydroxyl groups excluding tert-OH is 1. The third-order valence-electron chi connectivity index (χ3n) is 9.36. The van der Waals surface area contributed by atoms with Gasteiger partial charge in [-0.3, -0.25) is 9.59 Å². The van der Waals surface area contributed by atoms with Crippen molar-refractivity contribution in [3.63, 3.8) is 0 Å². The molecule has 1 N–H and O–H groups in total. The number of fused-ring (bicyclic) bond motifs is 3. The van der Waals surface area contributed by atoms with Crippen LogP contribution in [0.5, 0.6) is 0 Å². The predicted molar refractivity (Wildman–Crippen MR) is 104 cm³/mol. The van der Waals surface area contributed by atoms with Gasteiger partial charge in [-0.25, -0.2) is 0 Å². The second-order valence-electron chi connectivity index (χ2n) is 10.3. The molecule has 4 rings (SSSR count). The Morgan fingerprint density at radius 2 is 1.86 bits per heavy atom. The van der Waals surface area contributed by atoms with Gasteiger partial charge in [-0.1, -0.05) is 19.9 Å². The molecule has 4 saturated carbocycles. The summed E-state index contributed by atoms with van der Waals surface area (Å²) in [5.41, 5.74) is -1.32. The van der Waals surface area contributed by atoms with Crippen LogP contribution in [-0.4, -0.2) is 35.9 Å². The van der Waals surface area contributed by atoms with Gasteiger partial charge in [0.2, 0.25) is 0 Å². The molecule has 1 spiro atoms. The summed E-state index contributed by atoms with van der Waals surface area (Å²) in [5.74, 6) is -0.102. The van der Waals surface area contributed by atoms with Gasteiger partial charge in [-0.2, -0.15) is 0 Å². The van der Waals surface area contributed by atoms with Crippen molar-refractivity contribution in [2.75, 3.05) is 7.11 Å². The van der Waals surface area contributed by atoms with E-state index in [4.69, 9.17) is 9.47 Å². The molecular weight excluding hydrogens is 356 g/mol. The molecular formula is C23H34O5. The zero-order valence-corrected chi connectivity index (χ0v) is 17.7. The molecule has 7 unspecified atom stereocenters. The van der Waals surface area contributed by atoms with Gasteiger partial charge in [0, 0.05) is 17.8 Å². The number of rotatable bonds is 2. The highest BCUT2D eigenvalue weighted by molar-refractivity contribution is 5.77. The molecule has 0 aromatic rings. The number of hydrogen-bond donors (Lipinski definition) is 1. The molecule has 0 saturated heterocycles. The van der Waals surface area contributed by atoms with Crippen LogP contribution in [0.4, 0.5) is 0 Å². The lowest BCUT2D eigenvalue weighted by Crippen LogP contribution is -2.72. The smallest absolute Gasteiger partial charge is 0.311 e. The second-order valence-corrected chi connectivity index (χ2v) is 10.3. The Hall–Kier alpha value is -1.36. The highest BCUT2D eigenvalue weighted by Crippen LogP contribution is 2.75. The van der Waals surface area contributed by atoms with Gasteiger partial charge in [0.1, 0.15) is 5.60 Å². The van der Waals surface area contributed by atoms with Crippen LogP contribution in [0, 0.1) is 28.1 Å². The molecule has 0 heterocycles. The Morgan fingerprint density at radius 1 is 1.14 bits per heavy atom. The van der Waals surface area contributed by atoms with Crippen LogP contribution >= 0.6 is 0 Å². The lowest BCUT2D eigenvalue weighted by Gasteiger charge is -2.68. The van der Waals surface area contributed by atoms with E-state index >= 15 is 0 Å². The molecule has 2 bridgehead atoms. The highest BCUT2D eigenvalue weighted by atomic mass is 16.6. The summed E-state index contributed by atoms with van der Waals surface area (Å²) >= 11 is 0. The van der Waals surface area contributed by atoms with Gasteiger partial charge in [0.05, 0.1) is 18.6 Å². The van der Waals surface area contributed by atoms with Crippen LogP contribution in [0.2, 0.25) is 0 Å². The lowest BCUT2D eigenvalue weighted by atomic mass is 9.38. The third kappa shape index (κ3) is 2.12. The number of aliphatic hydroxyl groups is 1. The van der Waals surface area contributed by atoms with E-state index in [-0.39, 0.29) is 23.3 Å². The maximum atomic E-state index is 12.9. The van der Waals surface area contributed by atoms with E-state index in [1.807, 2.05) is 6.92 Å². The summed E-state index contributed by atoms with van der Waals surface area (Å²) in [7, 11) is 1.46. The van der Waals surface area contributed by atoms with Crippen molar-refractivity contribution in [1.82, 2.24) is 0 Å². The Morgan fingerprint density at radius 3 is 2.50 bits per heavy atom. The van der Waals surface area contributed by atoms with E-state index in [1.165, 1.54) is 14.0 Å². The van der Waals surface area contributed by atoms with Crippen LogP contribution in [0.3, 0.4) is 0 Å². The van der Waals surface area contributed by atoms with E-state index in [0.29, 0.717) is 5.92 Å². The minimum atomic E-state index is -0.764. The number of methoxy groups -OCH3 is 1. The minimum Gasteiger partial charge on any atom is -0.469 e. The maximum absolute atomic E-state index is 12.9. The summed E-state index contributed by atoms with van der Waals surface area (Å²) < 4.78 is 11.5. The first-order valence-electron chi connectivity index (χ1n) is 10.7. The number of hydrogen-bond acceptors (Lipinski definition) is 5.